The molecule has 8 nitrogen and oxygen atoms in total. The number of aryl methyl sites for hydroxylation is 2. The van der Waals surface area contributed by atoms with Gasteiger partial charge in [0.2, 0.25) is 0 Å². The van der Waals surface area contributed by atoms with Gasteiger partial charge in [-0.05, 0) is 69.9 Å². The molecule has 1 fully saturated rings. The predicted molar refractivity (Wildman–Crippen MR) is 181 cm³/mol. The van der Waals surface area contributed by atoms with Crippen molar-refractivity contribution in [1.29, 1.82) is 0 Å². The largest absolute Gasteiger partial charge is 0.497 e. The lowest BCUT2D eigenvalue weighted by molar-refractivity contribution is -0.156. The van der Waals surface area contributed by atoms with Crippen molar-refractivity contribution < 1.29 is 18.9 Å². The second-order valence-corrected chi connectivity index (χ2v) is 13.4. The fourth-order valence-electron chi connectivity index (χ4n) is 6.75. The summed E-state index contributed by atoms with van der Waals surface area (Å²) in [7, 11) is 3.35. The maximum Gasteiger partial charge on any atom is 0.311 e. The van der Waals surface area contributed by atoms with Crippen LogP contribution in [0.25, 0.3) is 10.3 Å². The summed E-state index contributed by atoms with van der Waals surface area (Å²) in [6, 6.07) is 28.6. The maximum atomic E-state index is 13.8. The number of hydrogen-bond acceptors (Lipinski definition) is 8. The summed E-state index contributed by atoms with van der Waals surface area (Å²) in [6.45, 7) is 9.96. The molecule has 3 heterocycles. The van der Waals surface area contributed by atoms with Gasteiger partial charge in [-0.25, -0.2) is 9.97 Å². The van der Waals surface area contributed by atoms with E-state index in [-0.39, 0.29) is 23.0 Å². The molecule has 0 N–H and O–H groups in total. The molecular weight excluding hydrogens is 598 g/mol. The zero-order valence-electron chi connectivity index (χ0n) is 27.4. The molecule has 3 aromatic carbocycles. The molecule has 240 valence electrons. The van der Waals surface area contributed by atoms with Gasteiger partial charge >= 0.3 is 4.87 Å². The van der Waals surface area contributed by atoms with E-state index < -0.39 is 17.4 Å². The first kappa shape index (κ1) is 32.1. The van der Waals surface area contributed by atoms with Crippen molar-refractivity contribution in [3.05, 3.63) is 123 Å². The minimum absolute atomic E-state index is 0.137. The number of ether oxygens (including phenoxy) is 4. The molecule has 0 amide bonds. The van der Waals surface area contributed by atoms with E-state index in [1.165, 1.54) is 0 Å². The van der Waals surface area contributed by atoms with Crippen molar-refractivity contribution in [3.63, 3.8) is 0 Å². The van der Waals surface area contributed by atoms with Crippen LogP contribution in [0.15, 0.2) is 89.7 Å². The molecule has 2 aromatic heterocycles. The van der Waals surface area contributed by atoms with E-state index in [0.717, 1.165) is 44.2 Å². The number of hydrogen-bond donors (Lipinski definition) is 0. The van der Waals surface area contributed by atoms with Crippen LogP contribution < -0.4 is 9.61 Å². The van der Waals surface area contributed by atoms with Crippen molar-refractivity contribution in [2.24, 2.45) is 5.92 Å². The summed E-state index contributed by atoms with van der Waals surface area (Å²) in [5.41, 5.74) is 2.43. The van der Waals surface area contributed by atoms with Gasteiger partial charge in [-0.3, -0.25) is 9.36 Å². The van der Waals surface area contributed by atoms with Crippen LogP contribution >= 0.6 is 11.3 Å². The number of thiazole rings is 1. The molecule has 1 aliphatic heterocycles. The highest BCUT2D eigenvalue weighted by Gasteiger charge is 2.52. The maximum absolute atomic E-state index is 13.8. The molecular formula is C37H41N3O5S. The Morgan fingerprint density at radius 2 is 1.48 bits per heavy atom. The molecule has 0 aliphatic carbocycles. The van der Waals surface area contributed by atoms with Gasteiger partial charge < -0.3 is 18.9 Å². The third-order valence-electron chi connectivity index (χ3n) is 9.20. The molecule has 1 aliphatic rings. The molecule has 0 radical (unpaired) electrons. The van der Waals surface area contributed by atoms with Crippen LogP contribution in [0.4, 0.5) is 0 Å². The molecule has 1 saturated heterocycles. The summed E-state index contributed by atoms with van der Waals surface area (Å²) in [6.07, 6.45) is -0.497. The molecule has 46 heavy (non-hydrogen) atoms. The molecule has 2 unspecified atom stereocenters. The zero-order valence-corrected chi connectivity index (χ0v) is 28.2. The van der Waals surface area contributed by atoms with Gasteiger partial charge in [-0.2, -0.15) is 0 Å². The lowest BCUT2D eigenvalue weighted by Crippen LogP contribution is -2.47. The average molecular weight is 640 g/mol. The van der Waals surface area contributed by atoms with Gasteiger partial charge in [0.15, 0.2) is 5.65 Å². The minimum atomic E-state index is -1.01. The predicted octanol–water partition coefficient (Wildman–Crippen LogP) is 7.20. The number of benzene rings is 3. The van der Waals surface area contributed by atoms with E-state index in [1.807, 2.05) is 69.3 Å². The summed E-state index contributed by atoms with van der Waals surface area (Å²) in [5, 5.41) is 0. The standard InChI is InChI=1S/C37H41N3O5S/c1-23-32-33(39-25(3)38-23)40(35(41)46-32)34-30(22-31(44-34)24(2)42-6)36(4,5)45-37(26-14-10-8-11-15-26,27-16-12-9-13-17-27)28-18-20-29(43-7)21-19-28/h8-21,24,30-31,34H,22H2,1-7H3/t24-,30?,31-,34?/m0/s1. The number of methoxy groups -OCH3 is 2. The van der Waals surface area contributed by atoms with E-state index in [0.29, 0.717) is 17.9 Å². The number of fused-ring (bicyclic) bond motifs is 1. The van der Waals surface area contributed by atoms with E-state index in [2.05, 4.69) is 55.2 Å². The van der Waals surface area contributed by atoms with Crippen LogP contribution in [0, 0.1) is 19.8 Å². The number of nitrogens with zero attached hydrogens (tertiary/aromatic N) is 3. The first-order valence-electron chi connectivity index (χ1n) is 15.6. The highest BCUT2D eigenvalue weighted by atomic mass is 32.1. The minimum Gasteiger partial charge on any atom is -0.497 e. The fourth-order valence-corrected chi connectivity index (χ4v) is 7.64. The van der Waals surface area contributed by atoms with Crippen LogP contribution in [0.2, 0.25) is 0 Å². The van der Waals surface area contributed by atoms with Crippen LogP contribution in [-0.4, -0.2) is 46.6 Å². The first-order valence-corrected chi connectivity index (χ1v) is 16.4. The van der Waals surface area contributed by atoms with E-state index >= 15 is 0 Å². The summed E-state index contributed by atoms with van der Waals surface area (Å²) in [5.74, 6) is 1.11. The molecule has 0 spiro atoms. The Morgan fingerprint density at radius 1 is 0.891 bits per heavy atom. The van der Waals surface area contributed by atoms with Crippen molar-refractivity contribution in [2.45, 2.75) is 70.7 Å². The summed E-state index contributed by atoms with van der Waals surface area (Å²) < 4.78 is 28.2. The van der Waals surface area contributed by atoms with E-state index in [1.54, 1.807) is 18.8 Å². The quantitative estimate of drug-likeness (QED) is 0.149. The first-order chi connectivity index (χ1) is 22.1. The summed E-state index contributed by atoms with van der Waals surface area (Å²) in [4.78, 5) is 22.9. The van der Waals surface area contributed by atoms with Gasteiger partial charge in [-0.1, -0.05) is 84.1 Å². The molecule has 0 bridgehead atoms. The Balaban J connectivity index is 1.55. The highest BCUT2D eigenvalue weighted by Crippen LogP contribution is 2.50. The Labute approximate surface area is 274 Å². The lowest BCUT2D eigenvalue weighted by atomic mass is 9.77. The Hall–Kier alpha value is -3.89. The molecule has 0 saturated carbocycles. The van der Waals surface area contributed by atoms with Gasteiger partial charge in [0, 0.05) is 13.0 Å². The van der Waals surface area contributed by atoms with Gasteiger partial charge in [-0.15, -0.1) is 0 Å². The van der Waals surface area contributed by atoms with Crippen LogP contribution in [0.3, 0.4) is 0 Å². The van der Waals surface area contributed by atoms with Crippen LogP contribution in [0.1, 0.15) is 61.6 Å². The second-order valence-electron chi connectivity index (χ2n) is 12.4. The smallest absolute Gasteiger partial charge is 0.311 e. The van der Waals surface area contributed by atoms with Crippen LogP contribution in [-0.2, 0) is 19.8 Å². The van der Waals surface area contributed by atoms with Crippen molar-refractivity contribution in [1.82, 2.24) is 14.5 Å². The monoisotopic (exact) mass is 639 g/mol. The van der Waals surface area contributed by atoms with Crippen LogP contribution in [0.5, 0.6) is 5.75 Å². The normalized spacial score (nSPS) is 19.4. The SMILES string of the molecule is COc1ccc(C(OC(C)(C)C2C[C@@H]([C@H](C)OC)OC2n2c(=O)sc3c(C)nc(C)nc32)(c2ccccc2)c2ccccc2)cc1. The van der Waals surface area contributed by atoms with Gasteiger partial charge in [0.25, 0.3) is 0 Å². The second kappa shape index (κ2) is 12.7. The zero-order chi connectivity index (χ0) is 32.6. The molecule has 6 rings (SSSR count). The van der Waals surface area contributed by atoms with Gasteiger partial charge in [0.1, 0.15) is 23.4 Å². The average Bonchev–Trinajstić information content (AvgIpc) is 3.65. The summed E-state index contributed by atoms with van der Waals surface area (Å²) >= 11 is 1.15. The van der Waals surface area contributed by atoms with E-state index in [4.69, 9.17) is 23.9 Å². The highest BCUT2D eigenvalue weighted by molar-refractivity contribution is 7.16. The Bertz CT molecular complexity index is 1810. The third kappa shape index (κ3) is 5.66. The van der Waals surface area contributed by atoms with Crippen molar-refractivity contribution in [3.8, 4) is 5.75 Å². The number of rotatable bonds is 10. The molecule has 9 heteroatoms. The van der Waals surface area contributed by atoms with Crippen molar-refractivity contribution in [2.75, 3.05) is 14.2 Å². The van der Waals surface area contributed by atoms with Crippen molar-refractivity contribution >= 4 is 21.7 Å². The Morgan fingerprint density at radius 3 is 2.04 bits per heavy atom. The van der Waals surface area contributed by atoms with Gasteiger partial charge in [0.05, 0.1) is 35.3 Å². The fraction of sp³-hybridized carbons (Fsp3) is 0.378. The molecule has 4 atom stereocenters. The number of aromatic nitrogens is 3. The third-order valence-corrected chi connectivity index (χ3v) is 10.3. The lowest BCUT2D eigenvalue weighted by Gasteiger charge is -2.45. The van der Waals surface area contributed by atoms with E-state index in [9.17, 15) is 4.79 Å². The Kier molecular flexibility index (Phi) is 8.87. The molecule has 5 aromatic rings. The topological polar surface area (TPSA) is 84.7 Å².